The monoisotopic (exact) mass is 419 g/mol. The zero-order chi connectivity index (χ0) is 22.1. The number of benzene rings is 1. The van der Waals surface area contributed by atoms with E-state index in [4.69, 9.17) is 18.0 Å². The summed E-state index contributed by atoms with van der Waals surface area (Å²) in [6, 6.07) is 6.00. The number of hydrogen-bond acceptors (Lipinski definition) is 4. The molecule has 0 saturated carbocycles. The molecule has 29 heavy (non-hydrogen) atoms. The van der Waals surface area contributed by atoms with Gasteiger partial charge >= 0.3 is 0 Å². The van der Waals surface area contributed by atoms with Gasteiger partial charge in [0.2, 0.25) is 5.91 Å². The highest BCUT2D eigenvalue weighted by Gasteiger charge is 2.26. The van der Waals surface area contributed by atoms with Gasteiger partial charge < -0.3 is 16.0 Å². The summed E-state index contributed by atoms with van der Waals surface area (Å²) >= 11 is 4.85. The summed E-state index contributed by atoms with van der Waals surface area (Å²) in [5.74, 6) is 0.503. The number of aryl methyl sites for hydroxylation is 2. The van der Waals surface area contributed by atoms with Gasteiger partial charge in [0.1, 0.15) is 0 Å². The zero-order valence-corrected chi connectivity index (χ0v) is 19.7. The van der Waals surface area contributed by atoms with E-state index in [0.29, 0.717) is 24.1 Å². The van der Waals surface area contributed by atoms with Crippen LogP contribution >= 0.6 is 12.2 Å². The maximum absolute atomic E-state index is 13.2. The van der Waals surface area contributed by atoms with Crippen LogP contribution in [0.15, 0.2) is 23.3 Å². The first kappa shape index (κ1) is 25.0. The normalized spacial score (nSPS) is 13.1. The molecule has 0 radical (unpaired) electrons. The lowest BCUT2D eigenvalue weighted by Crippen LogP contribution is -2.43. The number of carbonyl (C=O) groups is 1. The number of thiocarbonyl (C=S) groups is 1. The standard InChI is InChI=1S/C22H37N5OS/c1-14(2)11-27(12-15(3)4)13-19(18(7)25-26-22(23)29)21(28)24-20-9-8-16(5)10-17(20)6/h8-10,14-15,19H,11-13H2,1-7H3,(H,24,28)(H3,23,26,29)/b25-18+. The molecule has 0 aromatic heterocycles. The molecular weight excluding hydrogens is 382 g/mol. The van der Waals surface area contributed by atoms with Crippen LogP contribution in [0.5, 0.6) is 0 Å². The van der Waals surface area contributed by atoms with E-state index in [0.717, 1.165) is 29.9 Å². The smallest absolute Gasteiger partial charge is 0.234 e. The Labute approximate surface area is 181 Å². The van der Waals surface area contributed by atoms with E-state index < -0.39 is 5.92 Å². The average Bonchev–Trinajstić information content (AvgIpc) is 2.58. The third kappa shape index (κ3) is 9.37. The molecule has 1 atom stereocenters. The van der Waals surface area contributed by atoms with E-state index in [2.05, 4.69) is 54.5 Å². The quantitative estimate of drug-likeness (QED) is 0.306. The van der Waals surface area contributed by atoms with E-state index >= 15 is 0 Å². The lowest BCUT2D eigenvalue weighted by Gasteiger charge is -2.30. The van der Waals surface area contributed by atoms with E-state index in [1.54, 1.807) is 0 Å². The first-order valence-corrected chi connectivity index (χ1v) is 10.6. The van der Waals surface area contributed by atoms with Crippen LogP contribution in [0.4, 0.5) is 5.69 Å². The van der Waals surface area contributed by atoms with Crippen LogP contribution in [0.2, 0.25) is 0 Å². The molecule has 0 bridgehead atoms. The van der Waals surface area contributed by atoms with Crippen LogP contribution in [0.3, 0.4) is 0 Å². The average molecular weight is 420 g/mol. The lowest BCUT2D eigenvalue weighted by molar-refractivity contribution is -0.118. The van der Waals surface area contributed by atoms with Crippen molar-refractivity contribution in [2.45, 2.75) is 48.5 Å². The number of nitrogens with two attached hydrogens (primary N) is 1. The second-order valence-electron chi connectivity index (χ2n) is 8.60. The fourth-order valence-electron chi connectivity index (χ4n) is 3.31. The number of hydrogen-bond donors (Lipinski definition) is 3. The molecule has 1 aromatic carbocycles. The molecule has 1 rings (SSSR count). The lowest BCUT2D eigenvalue weighted by atomic mass is 10.00. The van der Waals surface area contributed by atoms with Gasteiger partial charge in [-0.05, 0) is 56.5 Å². The van der Waals surface area contributed by atoms with Crippen molar-refractivity contribution in [2.24, 2.45) is 28.6 Å². The molecule has 1 amide bonds. The molecule has 6 nitrogen and oxygen atoms in total. The highest BCUT2D eigenvalue weighted by atomic mass is 32.1. The van der Waals surface area contributed by atoms with Crippen LogP contribution in [0.1, 0.15) is 45.7 Å². The van der Waals surface area contributed by atoms with Crippen LogP contribution in [-0.2, 0) is 4.79 Å². The van der Waals surface area contributed by atoms with Crippen LogP contribution in [0.25, 0.3) is 0 Å². The fraction of sp³-hybridized carbons (Fsp3) is 0.591. The van der Waals surface area contributed by atoms with Crippen molar-refractivity contribution in [1.29, 1.82) is 0 Å². The minimum absolute atomic E-state index is 0.0825. The molecule has 0 heterocycles. The predicted octanol–water partition coefficient (Wildman–Crippen LogP) is 3.68. The van der Waals surface area contributed by atoms with E-state index in [1.165, 1.54) is 0 Å². The van der Waals surface area contributed by atoms with Gasteiger partial charge in [-0.2, -0.15) is 5.10 Å². The van der Waals surface area contributed by atoms with Gasteiger partial charge in [0.15, 0.2) is 5.11 Å². The van der Waals surface area contributed by atoms with Crippen LogP contribution < -0.4 is 16.5 Å². The minimum atomic E-state index is -0.421. The molecule has 0 aliphatic carbocycles. The summed E-state index contributed by atoms with van der Waals surface area (Å²) in [6.45, 7) is 17.0. The van der Waals surface area contributed by atoms with E-state index in [-0.39, 0.29) is 11.0 Å². The van der Waals surface area contributed by atoms with Gasteiger partial charge in [-0.1, -0.05) is 45.4 Å². The Kier molecular flexibility index (Phi) is 10.3. The van der Waals surface area contributed by atoms with Gasteiger partial charge in [-0.15, -0.1) is 0 Å². The Morgan fingerprint density at radius 1 is 1.14 bits per heavy atom. The number of nitrogens with zero attached hydrogens (tertiary/aromatic N) is 2. The molecule has 0 aliphatic heterocycles. The summed E-state index contributed by atoms with van der Waals surface area (Å²) in [7, 11) is 0. The van der Waals surface area contributed by atoms with E-state index in [9.17, 15) is 4.79 Å². The molecule has 1 aromatic rings. The summed E-state index contributed by atoms with van der Waals surface area (Å²) < 4.78 is 0. The summed E-state index contributed by atoms with van der Waals surface area (Å²) in [6.07, 6.45) is 0. The van der Waals surface area contributed by atoms with Gasteiger partial charge in [0, 0.05) is 31.0 Å². The predicted molar refractivity (Wildman–Crippen MR) is 127 cm³/mol. The third-order valence-corrected chi connectivity index (χ3v) is 4.58. The van der Waals surface area contributed by atoms with Crippen molar-refractivity contribution in [3.8, 4) is 0 Å². The molecule has 7 heteroatoms. The van der Waals surface area contributed by atoms with Crippen molar-refractivity contribution >= 4 is 34.6 Å². The third-order valence-electron chi connectivity index (χ3n) is 4.49. The number of amides is 1. The van der Waals surface area contributed by atoms with E-state index in [1.807, 2.05) is 32.9 Å². The second kappa shape index (κ2) is 11.9. The summed E-state index contributed by atoms with van der Waals surface area (Å²) in [4.78, 5) is 15.6. The summed E-state index contributed by atoms with van der Waals surface area (Å²) in [5.41, 5.74) is 11.8. The number of nitrogens with one attached hydrogen (secondary N) is 2. The summed E-state index contributed by atoms with van der Waals surface area (Å²) in [5, 5.41) is 7.41. The van der Waals surface area contributed by atoms with Crippen molar-refractivity contribution < 1.29 is 4.79 Å². The Morgan fingerprint density at radius 3 is 2.21 bits per heavy atom. The van der Waals surface area contributed by atoms with Crippen molar-refractivity contribution in [2.75, 3.05) is 25.0 Å². The highest BCUT2D eigenvalue weighted by molar-refractivity contribution is 7.80. The molecule has 4 N–H and O–H groups in total. The van der Waals surface area contributed by atoms with Crippen molar-refractivity contribution in [3.63, 3.8) is 0 Å². The Balaban J connectivity index is 3.11. The fourth-order valence-corrected chi connectivity index (χ4v) is 3.36. The maximum Gasteiger partial charge on any atom is 0.234 e. The number of hydrazone groups is 1. The number of anilines is 1. The molecule has 162 valence electrons. The van der Waals surface area contributed by atoms with Crippen molar-refractivity contribution in [3.05, 3.63) is 29.3 Å². The zero-order valence-electron chi connectivity index (χ0n) is 18.9. The van der Waals surface area contributed by atoms with Crippen molar-refractivity contribution in [1.82, 2.24) is 10.3 Å². The van der Waals surface area contributed by atoms with Crippen LogP contribution in [-0.4, -0.2) is 41.3 Å². The Morgan fingerprint density at radius 2 is 1.72 bits per heavy atom. The molecule has 0 saturated heterocycles. The van der Waals surface area contributed by atoms with Gasteiger partial charge in [-0.25, -0.2) is 0 Å². The second-order valence-corrected chi connectivity index (χ2v) is 9.04. The molecule has 1 unspecified atom stereocenters. The first-order chi connectivity index (χ1) is 13.5. The topological polar surface area (TPSA) is 82.8 Å². The largest absolute Gasteiger partial charge is 0.375 e. The Bertz CT molecular complexity index is 720. The molecule has 0 aliphatic rings. The highest BCUT2D eigenvalue weighted by Crippen LogP contribution is 2.18. The molecule has 0 spiro atoms. The Hall–Kier alpha value is -1.99. The molecular formula is C22H37N5OS. The maximum atomic E-state index is 13.2. The SMILES string of the molecule is C/C(=N\NC(N)=S)C(CN(CC(C)C)CC(C)C)C(=O)Nc1ccc(C)cc1C. The van der Waals surface area contributed by atoms with Gasteiger partial charge in [0.25, 0.3) is 0 Å². The number of carbonyl (C=O) groups excluding carboxylic acids is 1. The van der Waals surface area contributed by atoms with Crippen LogP contribution in [0, 0.1) is 31.6 Å². The van der Waals surface area contributed by atoms with Gasteiger partial charge in [-0.3, -0.25) is 10.2 Å². The number of rotatable bonds is 10. The first-order valence-electron chi connectivity index (χ1n) is 10.2. The van der Waals surface area contributed by atoms with Gasteiger partial charge in [0.05, 0.1) is 5.92 Å². The minimum Gasteiger partial charge on any atom is -0.375 e. The molecule has 0 fully saturated rings.